The van der Waals surface area contributed by atoms with Crippen molar-refractivity contribution < 1.29 is 23.8 Å². The number of benzene rings is 1. The fourth-order valence-corrected chi connectivity index (χ4v) is 2.83. The summed E-state index contributed by atoms with van der Waals surface area (Å²) >= 11 is 0. The van der Waals surface area contributed by atoms with E-state index in [1.54, 1.807) is 18.2 Å². The molecule has 0 aromatic heterocycles. The molecule has 1 N–H and O–H groups in total. The third-order valence-electron chi connectivity index (χ3n) is 3.98. The van der Waals surface area contributed by atoms with Crippen LogP contribution in [0.4, 0.5) is 4.79 Å². The lowest BCUT2D eigenvalue weighted by molar-refractivity contribution is 0.0465. The van der Waals surface area contributed by atoms with Crippen molar-refractivity contribution in [3.63, 3.8) is 0 Å². The highest BCUT2D eigenvalue weighted by atomic mass is 16.6. The topological polar surface area (TPSA) is 73.9 Å². The fourth-order valence-electron chi connectivity index (χ4n) is 2.83. The molecule has 1 aliphatic carbocycles. The highest BCUT2D eigenvalue weighted by Crippen LogP contribution is 2.27. The summed E-state index contributed by atoms with van der Waals surface area (Å²) in [7, 11) is 1.35. The number of carbonyl (C=O) groups is 2. The summed E-state index contributed by atoms with van der Waals surface area (Å²) in [5.74, 6) is 0.133. The van der Waals surface area contributed by atoms with Crippen molar-refractivity contribution in [3.8, 4) is 5.75 Å². The van der Waals surface area contributed by atoms with Crippen LogP contribution in [-0.4, -0.2) is 36.9 Å². The van der Waals surface area contributed by atoms with Crippen molar-refractivity contribution in [1.82, 2.24) is 5.32 Å². The predicted octanol–water partition coefficient (Wildman–Crippen LogP) is 3.69. The first-order valence-electron chi connectivity index (χ1n) is 8.62. The number of alkyl carbamates (subject to hydrolysis) is 1. The summed E-state index contributed by atoms with van der Waals surface area (Å²) in [4.78, 5) is 23.6. The summed E-state index contributed by atoms with van der Waals surface area (Å²) in [6.07, 6.45) is 2.86. The third kappa shape index (κ3) is 5.96. The second-order valence-electron chi connectivity index (χ2n) is 7.23. The zero-order chi connectivity index (χ0) is 18.4. The molecule has 1 fully saturated rings. The van der Waals surface area contributed by atoms with Crippen LogP contribution in [0.3, 0.4) is 0 Å². The number of hydrogen-bond acceptors (Lipinski definition) is 5. The van der Waals surface area contributed by atoms with Gasteiger partial charge in [-0.05, 0) is 58.6 Å². The maximum absolute atomic E-state index is 11.8. The Morgan fingerprint density at radius 2 is 1.72 bits per heavy atom. The Labute approximate surface area is 148 Å². The first-order valence-corrected chi connectivity index (χ1v) is 8.62. The van der Waals surface area contributed by atoms with E-state index >= 15 is 0 Å². The van der Waals surface area contributed by atoms with E-state index in [0.29, 0.717) is 11.3 Å². The van der Waals surface area contributed by atoms with Crippen molar-refractivity contribution in [2.45, 2.75) is 64.2 Å². The standard InChI is InChI=1S/C19H27NO5/c1-19(2,3)25-18(22)20-13-9-11-14(12-10-13)24-16-8-6-5-7-15(16)17(21)23-4/h5-8,13-14H,9-12H2,1-4H3,(H,20,22). The molecule has 1 amide bonds. The van der Waals surface area contributed by atoms with E-state index in [1.165, 1.54) is 7.11 Å². The van der Waals surface area contributed by atoms with Gasteiger partial charge < -0.3 is 19.5 Å². The smallest absolute Gasteiger partial charge is 0.407 e. The largest absolute Gasteiger partial charge is 0.490 e. The number of nitrogens with one attached hydrogen (secondary N) is 1. The molecular weight excluding hydrogens is 322 g/mol. The van der Waals surface area contributed by atoms with Gasteiger partial charge in [-0.15, -0.1) is 0 Å². The summed E-state index contributed by atoms with van der Waals surface area (Å²) in [6.45, 7) is 5.53. The van der Waals surface area contributed by atoms with Crippen LogP contribution < -0.4 is 10.1 Å². The van der Waals surface area contributed by atoms with Gasteiger partial charge in [-0.3, -0.25) is 0 Å². The van der Waals surface area contributed by atoms with Gasteiger partial charge >= 0.3 is 12.1 Å². The van der Waals surface area contributed by atoms with E-state index in [0.717, 1.165) is 25.7 Å². The second kappa shape index (κ2) is 8.23. The number of esters is 1. The highest BCUT2D eigenvalue weighted by Gasteiger charge is 2.26. The molecule has 0 saturated heterocycles. The van der Waals surface area contributed by atoms with Crippen LogP contribution in [0.2, 0.25) is 0 Å². The number of carbonyl (C=O) groups excluding carboxylic acids is 2. The molecule has 6 heteroatoms. The Kier molecular flexibility index (Phi) is 6.28. The van der Waals surface area contributed by atoms with E-state index in [9.17, 15) is 9.59 Å². The van der Waals surface area contributed by atoms with Gasteiger partial charge in [-0.25, -0.2) is 9.59 Å². The number of hydrogen-bond donors (Lipinski definition) is 1. The number of ether oxygens (including phenoxy) is 3. The molecule has 1 aromatic rings. The minimum Gasteiger partial charge on any atom is -0.490 e. The zero-order valence-electron chi connectivity index (χ0n) is 15.3. The Hall–Kier alpha value is -2.24. The lowest BCUT2D eigenvalue weighted by atomic mass is 9.93. The van der Waals surface area contributed by atoms with Crippen LogP contribution in [-0.2, 0) is 9.47 Å². The third-order valence-corrected chi connectivity index (χ3v) is 3.98. The van der Waals surface area contributed by atoms with Gasteiger partial charge in [0.05, 0.1) is 13.2 Å². The summed E-state index contributed by atoms with van der Waals surface area (Å²) < 4.78 is 16.1. The molecule has 138 valence electrons. The molecular formula is C19H27NO5. The van der Waals surface area contributed by atoms with E-state index in [-0.39, 0.29) is 18.2 Å². The van der Waals surface area contributed by atoms with Gasteiger partial charge in [-0.1, -0.05) is 12.1 Å². The molecule has 0 radical (unpaired) electrons. The molecule has 25 heavy (non-hydrogen) atoms. The molecule has 1 aliphatic rings. The Morgan fingerprint density at radius 1 is 1.08 bits per heavy atom. The molecule has 6 nitrogen and oxygen atoms in total. The van der Waals surface area contributed by atoms with Crippen LogP contribution in [0.15, 0.2) is 24.3 Å². The van der Waals surface area contributed by atoms with Crippen LogP contribution in [0, 0.1) is 0 Å². The Balaban J connectivity index is 1.85. The summed E-state index contributed by atoms with van der Waals surface area (Å²) in [5.41, 5.74) is -0.0684. The summed E-state index contributed by atoms with van der Waals surface area (Å²) in [6, 6.07) is 7.16. The summed E-state index contributed by atoms with van der Waals surface area (Å²) in [5, 5.41) is 2.91. The number of methoxy groups -OCH3 is 1. The van der Waals surface area contributed by atoms with Crippen molar-refractivity contribution in [1.29, 1.82) is 0 Å². The van der Waals surface area contributed by atoms with Crippen molar-refractivity contribution >= 4 is 12.1 Å². The zero-order valence-corrected chi connectivity index (χ0v) is 15.3. The van der Waals surface area contributed by atoms with Gasteiger partial charge in [0, 0.05) is 6.04 Å². The molecule has 0 aliphatic heterocycles. The molecule has 0 unspecified atom stereocenters. The van der Waals surface area contributed by atoms with E-state index in [4.69, 9.17) is 14.2 Å². The van der Waals surface area contributed by atoms with Gasteiger partial charge in [0.25, 0.3) is 0 Å². The average molecular weight is 349 g/mol. The number of para-hydroxylation sites is 1. The molecule has 0 spiro atoms. The minimum absolute atomic E-state index is 0.0162. The maximum atomic E-state index is 11.8. The van der Waals surface area contributed by atoms with Gasteiger partial charge in [-0.2, -0.15) is 0 Å². The van der Waals surface area contributed by atoms with Crippen LogP contribution in [0.5, 0.6) is 5.75 Å². The highest BCUT2D eigenvalue weighted by molar-refractivity contribution is 5.92. The van der Waals surface area contributed by atoms with Crippen molar-refractivity contribution in [2.24, 2.45) is 0 Å². The predicted molar refractivity (Wildman–Crippen MR) is 93.8 cm³/mol. The maximum Gasteiger partial charge on any atom is 0.407 e. The number of amides is 1. The Morgan fingerprint density at radius 3 is 2.32 bits per heavy atom. The minimum atomic E-state index is -0.498. The van der Waals surface area contributed by atoms with Crippen molar-refractivity contribution in [3.05, 3.63) is 29.8 Å². The molecule has 0 bridgehead atoms. The first-order chi connectivity index (χ1) is 11.8. The average Bonchev–Trinajstić information content (AvgIpc) is 2.54. The molecule has 1 aromatic carbocycles. The molecule has 2 rings (SSSR count). The molecule has 1 saturated carbocycles. The van der Waals surface area contributed by atoms with E-state index in [1.807, 2.05) is 26.8 Å². The van der Waals surface area contributed by atoms with E-state index < -0.39 is 11.6 Å². The molecule has 0 atom stereocenters. The second-order valence-corrected chi connectivity index (χ2v) is 7.23. The number of rotatable bonds is 4. The Bertz CT molecular complexity index is 600. The van der Waals surface area contributed by atoms with Crippen LogP contribution in [0.25, 0.3) is 0 Å². The SMILES string of the molecule is COC(=O)c1ccccc1OC1CCC(NC(=O)OC(C)(C)C)CC1. The lowest BCUT2D eigenvalue weighted by Gasteiger charge is -2.30. The van der Waals surface area contributed by atoms with Crippen LogP contribution >= 0.6 is 0 Å². The normalized spacial score (nSPS) is 20.5. The fraction of sp³-hybridized carbons (Fsp3) is 0.579. The molecule has 0 heterocycles. The van der Waals surface area contributed by atoms with Gasteiger partial charge in [0.2, 0.25) is 0 Å². The van der Waals surface area contributed by atoms with Gasteiger partial charge in [0.1, 0.15) is 16.9 Å². The van der Waals surface area contributed by atoms with Crippen LogP contribution in [0.1, 0.15) is 56.8 Å². The van der Waals surface area contributed by atoms with Crippen molar-refractivity contribution in [2.75, 3.05) is 7.11 Å². The van der Waals surface area contributed by atoms with Gasteiger partial charge in [0.15, 0.2) is 0 Å². The quantitative estimate of drug-likeness (QED) is 0.839. The lowest BCUT2D eigenvalue weighted by Crippen LogP contribution is -2.42. The van der Waals surface area contributed by atoms with E-state index in [2.05, 4.69) is 5.32 Å². The first kappa shape index (κ1) is 19.1. The monoisotopic (exact) mass is 349 g/mol.